The first-order valence-electron chi connectivity index (χ1n) is 7.17. The lowest BCUT2D eigenvalue weighted by atomic mass is 10.2. The monoisotopic (exact) mass is 295 g/mol. The molecule has 0 aliphatic carbocycles. The normalized spacial score (nSPS) is 22.1. The Kier molecular flexibility index (Phi) is 4.89. The highest BCUT2D eigenvalue weighted by Crippen LogP contribution is 2.28. The Morgan fingerprint density at radius 2 is 2.14 bits per heavy atom. The molecule has 1 fully saturated rings. The molecule has 1 aromatic heterocycles. The lowest BCUT2D eigenvalue weighted by Crippen LogP contribution is -2.46. The van der Waals surface area contributed by atoms with E-state index in [1.165, 1.54) is 6.20 Å². The van der Waals surface area contributed by atoms with Crippen molar-refractivity contribution >= 4 is 17.5 Å². The number of nitrogens with one attached hydrogen (secondary N) is 1. The molecule has 2 rings (SSSR count). The van der Waals surface area contributed by atoms with Crippen LogP contribution in [0.1, 0.15) is 27.2 Å². The molecule has 1 aliphatic heterocycles. The van der Waals surface area contributed by atoms with Crippen LogP contribution in [-0.4, -0.2) is 46.7 Å². The van der Waals surface area contributed by atoms with Crippen molar-refractivity contribution in [3.63, 3.8) is 0 Å². The standard InChI is InChI=1S/C13H21N5O3/c1-4-5-14-13-15-6-11(18(19)20)12(16-13)17-7-9(2)21-10(3)8-17/h6,9-10H,4-5,7-8H2,1-3H3,(H,14,15,16). The zero-order valence-electron chi connectivity index (χ0n) is 12.6. The molecule has 2 heterocycles. The summed E-state index contributed by atoms with van der Waals surface area (Å²) >= 11 is 0. The summed E-state index contributed by atoms with van der Waals surface area (Å²) in [6.45, 7) is 7.82. The van der Waals surface area contributed by atoms with Gasteiger partial charge in [-0.05, 0) is 20.3 Å². The fourth-order valence-corrected chi connectivity index (χ4v) is 2.40. The number of hydrogen-bond acceptors (Lipinski definition) is 7. The molecule has 0 amide bonds. The highest BCUT2D eigenvalue weighted by atomic mass is 16.6. The molecule has 0 bridgehead atoms. The molecule has 0 spiro atoms. The largest absolute Gasteiger partial charge is 0.372 e. The van der Waals surface area contributed by atoms with Gasteiger partial charge in [-0.25, -0.2) is 4.98 Å². The molecule has 8 heteroatoms. The van der Waals surface area contributed by atoms with Gasteiger partial charge in [0, 0.05) is 19.6 Å². The third-order valence-corrected chi connectivity index (χ3v) is 3.20. The zero-order valence-corrected chi connectivity index (χ0v) is 12.6. The Morgan fingerprint density at radius 1 is 1.48 bits per heavy atom. The van der Waals surface area contributed by atoms with Gasteiger partial charge in [-0.15, -0.1) is 0 Å². The Bertz CT molecular complexity index is 501. The van der Waals surface area contributed by atoms with Crippen molar-refractivity contribution in [2.24, 2.45) is 0 Å². The van der Waals surface area contributed by atoms with Crippen LogP contribution in [0, 0.1) is 10.1 Å². The second kappa shape index (κ2) is 6.66. The summed E-state index contributed by atoms with van der Waals surface area (Å²) < 4.78 is 5.66. The van der Waals surface area contributed by atoms with Gasteiger partial charge in [0.1, 0.15) is 6.20 Å². The molecular weight excluding hydrogens is 274 g/mol. The summed E-state index contributed by atoms with van der Waals surface area (Å²) in [5.74, 6) is 0.778. The van der Waals surface area contributed by atoms with Crippen LogP contribution in [0.2, 0.25) is 0 Å². The van der Waals surface area contributed by atoms with Gasteiger partial charge in [-0.3, -0.25) is 10.1 Å². The fraction of sp³-hybridized carbons (Fsp3) is 0.692. The SMILES string of the molecule is CCCNc1ncc([N+](=O)[O-])c(N2CC(C)OC(C)C2)n1. The molecule has 1 aliphatic rings. The predicted molar refractivity (Wildman–Crippen MR) is 79.7 cm³/mol. The Labute approximate surface area is 123 Å². The molecule has 1 N–H and O–H groups in total. The number of aromatic nitrogens is 2. The molecule has 1 saturated heterocycles. The number of morpholine rings is 1. The van der Waals surface area contributed by atoms with Gasteiger partial charge in [0.15, 0.2) is 0 Å². The van der Waals surface area contributed by atoms with Crippen molar-refractivity contribution in [1.82, 2.24) is 9.97 Å². The van der Waals surface area contributed by atoms with Crippen molar-refractivity contribution < 1.29 is 9.66 Å². The van der Waals surface area contributed by atoms with E-state index in [1.807, 2.05) is 25.7 Å². The maximum Gasteiger partial charge on any atom is 0.329 e. The number of anilines is 2. The molecule has 8 nitrogen and oxygen atoms in total. The van der Waals surface area contributed by atoms with E-state index in [0.29, 0.717) is 24.9 Å². The maximum absolute atomic E-state index is 11.2. The van der Waals surface area contributed by atoms with E-state index < -0.39 is 4.92 Å². The van der Waals surface area contributed by atoms with E-state index in [9.17, 15) is 10.1 Å². The van der Waals surface area contributed by atoms with Crippen LogP contribution in [0.15, 0.2) is 6.20 Å². The molecule has 1 aromatic rings. The lowest BCUT2D eigenvalue weighted by Gasteiger charge is -2.35. The second-order valence-corrected chi connectivity index (χ2v) is 5.25. The molecular formula is C13H21N5O3. The van der Waals surface area contributed by atoms with Crippen LogP contribution in [0.3, 0.4) is 0 Å². The summed E-state index contributed by atoms with van der Waals surface area (Å²) in [4.78, 5) is 21.0. The third kappa shape index (κ3) is 3.78. The molecule has 0 saturated carbocycles. The summed E-state index contributed by atoms with van der Waals surface area (Å²) in [6, 6.07) is 0. The molecule has 0 aromatic carbocycles. The van der Waals surface area contributed by atoms with Crippen molar-refractivity contribution in [3.05, 3.63) is 16.3 Å². The zero-order chi connectivity index (χ0) is 15.4. The minimum Gasteiger partial charge on any atom is -0.372 e. The second-order valence-electron chi connectivity index (χ2n) is 5.25. The van der Waals surface area contributed by atoms with Crippen LogP contribution in [0.25, 0.3) is 0 Å². The molecule has 116 valence electrons. The summed E-state index contributed by atoms with van der Waals surface area (Å²) in [6.07, 6.45) is 2.22. The van der Waals surface area contributed by atoms with Crippen LogP contribution in [-0.2, 0) is 4.74 Å². The Morgan fingerprint density at radius 3 is 2.71 bits per heavy atom. The summed E-state index contributed by atoms with van der Waals surface area (Å²) in [5, 5.41) is 14.3. The van der Waals surface area contributed by atoms with Gasteiger partial charge in [-0.1, -0.05) is 6.92 Å². The van der Waals surface area contributed by atoms with Gasteiger partial charge < -0.3 is 15.0 Å². The minimum atomic E-state index is -0.441. The first kappa shape index (κ1) is 15.4. The van der Waals surface area contributed by atoms with E-state index >= 15 is 0 Å². The van der Waals surface area contributed by atoms with Gasteiger partial charge >= 0.3 is 5.69 Å². The number of hydrogen-bond donors (Lipinski definition) is 1. The van der Waals surface area contributed by atoms with E-state index in [4.69, 9.17) is 4.74 Å². The van der Waals surface area contributed by atoms with Gasteiger partial charge in [0.05, 0.1) is 17.1 Å². The highest BCUT2D eigenvalue weighted by Gasteiger charge is 2.29. The number of rotatable bonds is 5. The molecule has 0 radical (unpaired) electrons. The smallest absolute Gasteiger partial charge is 0.329 e. The average molecular weight is 295 g/mol. The first-order valence-corrected chi connectivity index (χ1v) is 7.17. The Hall–Kier alpha value is -1.96. The number of nitro groups is 1. The quantitative estimate of drug-likeness (QED) is 0.654. The van der Waals surface area contributed by atoms with E-state index in [0.717, 1.165) is 13.0 Å². The van der Waals surface area contributed by atoms with Gasteiger partial charge in [0.25, 0.3) is 0 Å². The van der Waals surface area contributed by atoms with Crippen LogP contribution in [0.5, 0.6) is 0 Å². The third-order valence-electron chi connectivity index (χ3n) is 3.20. The predicted octanol–water partition coefficient (Wildman–Crippen LogP) is 1.82. The average Bonchev–Trinajstić information content (AvgIpc) is 2.43. The van der Waals surface area contributed by atoms with E-state index in [1.54, 1.807) is 0 Å². The van der Waals surface area contributed by atoms with Crippen LogP contribution >= 0.6 is 0 Å². The van der Waals surface area contributed by atoms with Gasteiger partial charge in [-0.2, -0.15) is 4.98 Å². The van der Waals surface area contributed by atoms with E-state index in [2.05, 4.69) is 15.3 Å². The molecule has 2 unspecified atom stereocenters. The number of ether oxygens (including phenoxy) is 1. The van der Waals surface area contributed by atoms with Crippen LogP contribution in [0.4, 0.5) is 17.5 Å². The van der Waals surface area contributed by atoms with Gasteiger partial charge in [0.2, 0.25) is 11.8 Å². The number of nitrogens with zero attached hydrogens (tertiary/aromatic N) is 4. The fourth-order valence-electron chi connectivity index (χ4n) is 2.40. The molecule has 2 atom stereocenters. The Balaban J connectivity index is 2.31. The van der Waals surface area contributed by atoms with Crippen molar-refractivity contribution in [2.45, 2.75) is 39.4 Å². The minimum absolute atomic E-state index is 0.00960. The van der Waals surface area contributed by atoms with Crippen LogP contribution < -0.4 is 10.2 Å². The van der Waals surface area contributed by atoms with Crippen molar-refractivity contribution in [3.8, 4) is 0 Å². The topological polar surface area (TPSA) is 93.4 Å². The molecule has 21 heavy (non-hydrogen) atoms. The maximum atomic E-state index is 11.2. The first-order chi connectivity index (χ1) is 10.0. The van der Waals surface area contributed by atoms with Crippen molar-refractivity contribution in [1.29, 1.82) is 0 Å². The van der Waals surface area contributed by atoms with E-state index in [-0.39, 0.29) is 17.9 Å². The van der Waals surface area contributed by atoms with Crippen molar-refractivity contribution in [2.75, 3.05) is 29.9 Å². The highest BCUT2D eigenvalue weighted by molar-refractivity contribution is 5.59. The summed E-state index contributed by atoms with van der Waals surface area (Å²) in [5.41, 5.74) is -0.0710. The lowest BCUT2D eigenvalue weighted by molar-refractivity contribution is -0.384. The summed E-state index contributed by atoms with van der Waals surface area (Å²) in [7, 11) is 0.